The molecule has 0 radical (unpaired) electrons. The van der Waals surface area contributed by atoms with E-state index in [9.17, 15) is 0 Å². The Morgan fingerprint density at radius 2 is 1.96 bits per heavy atom. The van der Waals surface area contributed by atoms with Crippen molar-refractivity contribution in [3.8, 4) is 0 Å². The van der Waals surface area contributed by atoms with Gasteiger partial charge in [-0.3, -0.25) is 9.67 Å². The molecule has 1 aliphatic rings. The maximum absolute atomic E-state index is 4.52. The van der Waals surface area contributed by atoms with E-state index >= 15 is 0 Å². The number of nitrogens with one attached hydrogen (secondary N) is 2. The van der Waals surface area contributed by atoms with E-state index in [0.29, 0.717) is 11.5 Å². The zero-order valence-corrected chi connectivity index (χ0v) is 17.3. The second-order valence-electron chi connectivity index (χ2n) is 8.11. The van der Waals surface area contributed by atoms with Crippen LogP contribution in [0.15, 0.2) is 35.3 Å². The van der Waals surface area contributed by atoms with Gasteiger partial charge in [0.2, 0.25) is 0 Å². The van der Waals surface area contributed by atoms with E-state index in [0.717, 1.165) is 31.0 Å². The topological polar surface area (TPSA) is 54.2 Å². The predicted molar refractivity (Wildman–Crippen MR) is 112 cm³/mol. The van der Waals surface area contributed by atoms with E-state index in [2.05, 4.69) is 71.8 Å². The summed E-state index contributed by atoms with van der Waals surface area (Å²) in [6.07, 6.45) is 4.66. The number of rotatable bonds is 7. The summed E-state index contributed by atoms with van der Waals surface area (Å²) in [5.41, 5.74) is 5.50. The summed E-state index contributed by atoms with van der Waals surface area (Å²) in [5, 5.41) is 11.6. The lowest BCUT2D eigenvalue weighted by atomic mass is 9.96. The minimum atomic E-state index is 0.294. The van der Waals surface area contributed by atoms with Crippen LogP contribution in [0.25, 0.3) is 0 Å². The number of aromatic nitrogens is 2. The van der Waals surface area contributed by atoms with Gasteiger partial charge in [-0.05, 0) is 63.0 Å². The minimum Gasteiger partial charge on any atom is -0.356 e. The van der Waals surface area contributed by atoms with Crippen LogP contribution in [0.5, 0.6) is 0 Å². The molecule has 2 aromatic rings. The molecule has 1 aliphatic carbocycles. The van der Waals surface area contributed by atoms with Crippen LogP contribution in [-0.4, -0.2) is 35.4 Å². The summed E-state index contributed by atoms with van der Waals surface area (Å²) >= 11 is 0. The van der Waals surface area contributed by atoms with E-state index in [1.807, 2.05) is 18.8 Å². The number of aliphatic imine (C=N–C) groups is 1. The van der Waals surface area contributed by atoms with Gasteiger partial charge < -0.3 is 10.6 Å². The third kappa shape index (κ3) is 4.90. The molecule has 1 heterocycles. The lowest BCUT2D eigenvalue weighted by Gasteiger charge is -2.21. The number of guanidine groups is 1. The molecule has 3 rings (SSSR count). The highest BCUT2D eigenvalue weighted by Gasteiger charge is 2.42. The van der Waals surface area contributed by atoms with Crippen LogP contribution in [0.3, 0.4) is 0 Å². The molecule has 1 fully saturated rings. The number of hydrogen-bond acceptors (Lipinski definition) is 2. The fourth-order valence-corrected chi connectivity index (χ4v) is 3.79. The lowest BCUT2D eigenvalue weighted by molar-refractivity contribution is 0.489. The van der Waals surface area contributed by atoms with Crippen molar-refractivity contribution in [2.75, 3.05) is 13.6 Å². The molecule has 1 aromatic carbocycles. The summed E-state index contributed by atoms with van der Waals surface area (Å²) in [4.78, 5) is 4.43. The van der Waals surface area contributed by atoms with Crippen molar-refractivity contribution in [3.05, 3.63) is 52.8 Å². The third-order valence-corrected chi connectivity index (χ3v) is 5.79. The van der Waals surface area contributed by atoms with Crippen molar-refractivity contribution < 1.29 is 0 Å². The van der Waals surface area contributed by atoms with Crippen LogP contribution in [0.4, 0.5) is 0 Å². The minimum absolute atomic E-state index is 0.294. The number of benzene rings is 1. The van der Waals surface area contributed by atoms with Crippen molar-refractivity contribution in [1.29, 1.82) is 0 Å². The van der Waals surface area contributed by atoms with E-state index in [4.69, 9.17) is 0 Å². The molecule has 27 heavy (non-hydrogen) atoms. The van der Waals surface area contributed by atoms with Crippen LogP contribution in [0, 0.1) is 19.3 Å². The van der Waals surface area contributed by atoms with Crippen LogP contribution < -0.4 is 10.6 Å². The molecule has 1 atom stereocenters. The maximum Gasteiger partial charge on any atom is 0.191 e. The summed E-state index contributed by atoms with van der Waals surface area (Å²) < 4.78 is 1.96. The van der Waals surface area contributed by atoms with Gasteiger partial charge in [0.05, 0.1) is 5.69 Å². The molecule has 0 aliphatic heterocycles. The van der Waals surface area contributed by atoms with Crippen LogP contribution >= 0.6 is 0 Å². The summed E-state index contributed by atoms with van der Waals surface area (Å²) in [7, 11) is 3.85. The van der Waals surface area contributed by atoms with Crippen molar-refractivity contribution in [1.82, 2.24) is 20.4 Å². The standard InChI is InChI=1S/C22H33N5/c1-16(13-20-17(2)26-27(5)18(20)3)25-21(23-4)24-15-22(11-12-22)14-19-9-7-6-8-10-19/h6-10,16H,11-15H2,1-5H3,(H2,23,24,25). The van der Waals surface area contributed by atoms with Crippen molar-refractivity contribution in [2.24, 2.45) is 17.5 Å². The SMILES string of the molecule is CN=C(NCC1(Cc2ccccc2)CC1)NC(C)Cc1c(C)nn(C)c1C. The second-order valence-corrected chi connectivity index (χ2v) is 8.11. The van der Waals surface area contributed by atoms with E-state index < -0.39 is 0 Å². The first kappa shape index (κ1) is 19.5. The van der Waals surface area contributed by atoms with Gasteiger partial charge in [0.25, 0.3) is 0 Å². The Labute approximate surface area is 163 Å². The first-order valence-electron chi connectivity index (χ1n) is 9.93. The second kappa shape index (κ2) is 8.15. The Morgan fingerprint density at radius 1 is 1.26 bits per heavy atom. The maximum atomic E-state index is 4.52. The smallest absolute Gasteiger partial charge is 0.191 e. The van der Waals surface area contributed by atoms with E-state index in [1.165, 1.54) is 29.7 Å². The van der Waals surface area contributed by atoms with Gasteiger partial charge in [0.1, 0.15) is 0 Å². The van der Waals surface area contributed by atoms with Gasteiger partial charge >= 0.3 is 0 Å². The molecule has 1 saturated carbocycles. The zero-order valence-electron chi connectivity index (χ0n) is 17.3. The first-order valence-corrected chi connectivity index (χ1v) is 9.93. The van der Waals surface area contributed by atoms with Gasteiger partial charge in [-0.1, -0.05) is 30.3 Å². The Balaban J connectivity index is 1.52. The van der Waals surface area contributed by atoms with Crippen LogP contribution in [0.1, 0.15) is 42.3 Å². The number of aryl methyl sites for hydroxylation is 2. The highest BCUT2D eigenvalue weighted by Crippen LogP contribution is 2.47. The molecule has 5 heteroatoms. The highest BCUT2D eigenvalue weighted by molar-refractivity contribution is 5.80. The third-order valence-electron chi connectivity index (χ3n) is 5.79. The average Bonchev–Trinajstić information content (AvgIpc) is 3.37. The van der Waals surface area contributed by atoms with Crippen LogP contribution in [-0.2, 0) is 19.9 Å². The molecule has 0 amide bonds. The highest BCUT2D eigenvalue weighted by atomic mass is 15.3. The Bertz CT molecular complexity index is 787. The molecule has 146 valence electrons. The van der Waals surface area contributed by atoms with Crippen molar-refractivity contribution in [3.63, 3.8) is 0 Å². The van der Waals surface area contributed by atoms with Crippen molar-refractivity contribution >= 4 is 5.96 Å². The molecule has 0 saturated heterocycles. The molecular weight excluding hydrogens is 334 g/mol. The van der Waals surface area contributed by atoms with Gasteiger partial charge in [-0.15, -0.1) is 0 Å². The summed E-state index contributed by atoms with van der Waals surface area (Å²) in [6.45, 7) is 7.40. The molecule has 5 nitrogen and oxygen atoms in total. The summed E-state index contributed by atoms with van der Waals surface area (Å²) in [6, 6.07) is 11.1. The van der Waals surface area contributed by atoms with Gasteiger partial charge in [0.15, 0.2) is 5.96 Å². The normalized spacial score (nSPS) is 16.9. The van der Waals surface area contributed by atoms with Gasteiger partial charge in [-0.2, -0.15) is 5.10 Å². The fraction of sp³-hybridized carbons (Fsp3) is 0.545. The van der Waals surface area contributed by atoms with Gasteiger partial charge in [-0.25, -0.2) is 0 Å². The first-order chi connectivity index (χ1) is 12.9. The van der Waals surface area contributed by atoms with Crippen LogP contribution in [0.2, 0.25) is 0 Å². The van der Waals surface area contributed by atoms with Crippen molar-refractivity contribution in [2.45, 2.75) is 52.5 Å². The predicted octanol–water partition coefficient (Wildman–Crippen LogP) is 3.16. The Hall–Kier alpha value is -2.30. The molecule has 0 spiro atoms. The molecule has 2 N–H and O–H groups in total. The zero-order chi connectivity index (χ0) is 19.4. The van der Waals surface area contributed by atoms with Gasteiger partial charge in [0, 0.05) is 32.4 Å². The number of hydrogen-bond donors (Lipinski definition) is 2. The summed E-state index contributed by atoms with van der Waals surface area (Å²) in [5.74, 6) is 0.890. The Morgan fingerprint density at radius 3 is 2.52 bits per heavy atom. The van der Waals surface area contributed by atoms with E-state index in [1.54, 1.807) is 0 Å². The molecule has 1 unspecified atom stereocenters. The fourth-order valence-electron chi connectivity index (χ4n) is 3.79. The molecular formula is C22H33N5. The monoisotopic (exact) mass is 367 g/mol. The average molecular weight is 368 g/mol. The van der Waals surface area contributed by atoms with E-state index in [-0.39, 0.29) is 0 Å². The molecule has 1 aromatic heterocycles. The number of nitrogens with zero attached hydrogens (tertiary/aromatic N) is 3. The molecule has 0 bridgehead atoms. The Kier molecular flexibility index (Phi) is 5.88. The lowest BCUT2D eigenvalue weighted by Crippen LogP contribution is -2.45. The quantitative estimate of drug-likeness (QED) is 0.584. The largest absolute Gasteiger partial charge is 0.356 e.